The summed E-state index contributed by atoms with van der Waals surface area (Å²) in [5, 5.41) is 0. The molecule has 0 aliphatic heterocycles. The Labute approximate surface area is 73.3 Å². The van der Waals surface area contributed by atoms with Crippen LogP contribution in [0.2, 0.25) is 0 Å². The molecule has 0 radical (unpaired) electrons. The molecule has 60 valence electrons. The van der Waals surface area contributed by atoms with Crippen LogP contribution in [0.5, 0.6) is 0 Å². The summed E-state index contributed by atoms with van der Waals surface area (Å²) in [5.74, 6) is 1.47. The predicted octanol–water partition coefficient (Wildman–Crippen LogP) is 2.51. The van der Waals surface area contributed by atoms with E-state index in [1.54, 1.807) is 6.20 Å². The fourth-order valence-electron chi connectivity index (χ4n) is 1.09. The second-order valence-corrected chi connectivity index (χ2v) is 2.94. The van der Waals surface area contributed by atoms with Crippen LogP contribution in [0.1, 0.15) is 24.8 Å². The summed E-state index contributed by atoms with van der Waals surface area (Å²) < 4.78 is 0. The Kier molecular flexibility index (Phi) is 3.43. The highest BCUT2D eigenvalue weighted by atomic mass is 32.1. The fraction of sp³-hybridized carbons (Fsp3) is 0.444. The topological polar surface area (TPSA) is 12.9 Å². The minimum Gasteiger partial charge on any atom is -0.264 e. The zero-order valence-corrected chi connectivity index (χ0v) is 7.59. The second kappa shape index (κ2) is 4.39. The minimum atomic E-state index is 0.562. The summed E-state index contributed by atoms with van der Waals surface area (Å²) >= 11 is 4.28. The Morgan fingerprint density at radius 1 is 1.64 bits per heavy atom. The molecule has 1 nitrogen and oxygen atoms in total. The number of thiol groups is 1. The van der Waals surface area contributed by atoms with Gasteiger partial charge in [-0.25, -0.2) is 0 Å². The largest absolute Gasteiger partial charge is 0.264 e. The number of hydrogen-bond acceptors (Lipinski definition) is 2. The molecule has 0 amide bonds. The van der Waals surface area contributed by atoms with E-state index in [2.05, 4.69) is 30.6 Å². The van der Waals surface area contributed by atoms with Crippen molar-refractivity contribution < 1.29 is 0 Å². The van der Waals surface area contributed by atoms with Crippen molar-refractivity contribution in [3.63, 3.8) is 0 Å². The van der Waals surface area contributed by atoms with Gasteiger partial charge in [0, 0.05) is 12.4 Å². The summed E-state index contributed by atoms with van der Waals surface area (Å²) in [5.41, 5.74) is 1.30. The van der Waals surface area contributed by atoms with Gasteiger partial charge in [0.25, 0.3) is 0 Å². The summed E-state index contributed by atoms with van der Waals surface area (Å²) in [6.45, 7) is 2.17. The zero-order chi connectivity index (χ0) is 8.10. The van der Waals surface area contributed by atoms with E-state index in [-0.39, 0.29) is 0 Å². The van der Waals surface area contributed by atoms with Gasteiger partial charge in [0.2, 0.25) is 0 Å². The van der Waals surface area contributed by atoms with Crippen molar-refractivity contribution in [3.05, 3.63) is 30.1 Å². The van der Waals surface area contributed by atoms with E-state index in [1.165, 1.54) is 5.56 Å². The van der Waals surface area contributed by atoms with Gasteiger partial charge in [-0.1, -0.05) is 13.0 Å². The van der Waals surface area contributed by atoms with Crippen molar-refractivity contribution in [2.24, 2.45) is 0 Å². The zero-order valence-electron chi connectivity index (χ0n) is 6.70. The summed E-state index contributed by atoms with van der Waals surface area (Å²) in [6.07, 6.45) is 4.86. The smallest absolute Gasteiger partial charge is 0.0302 e. The van der Waals surface area contributed by atoms with E-state index in [0.717, 1.165) is 12.2 Å². The van der Waals surface area contributed by atoms with Crippen molar-refractivity contribution in [2.75, 3.05) is 5.75 Å². The first-order valence-electron chi connectivity index (χ1n) is 3.89. The predicted molar refractivity (Wildman–Crippen MR) is 51.1 cm³/mol. The van der Waals surface area contributed by atoms with Crippen molar-refractivity contribution in [1.82, 2.24) is 4.98 Å². The first-order valence-corrected chi connectivity index (χ1v) is 4.52. The van der Waals surface area contributed by atoms with Crippen LogP contribution in [0, 0.1) is 0 Å². The molecule has 0 aliphatic carbocycles. The number of pyridine rings is 1. The molecule has 2 heteroatoms. The van der Waals surface area contributed by atoms with E-state index in [9.17, 15) is 0 Å². The van der Waals surface area contributed by atoms with Crippen molar-refractivity contribution in [3.8, 4) is 0 Å². The van der Waals surface area contributed by atoms with Crippen LogP contribution in [-0.2, 0) is 0 Å². The van der Waals surface area contributed by atoms with Gasteiger partial charge in [-0.15, -0.1) is 0 Å². The van der Waals surface area contributed by atoms with Crippen LogP contribution >= 0.6 is 12.6 Å². The summed E-state index contributed by atoms with van der Waals surface area (Å²) in [7, 11) is 0. The van der Waals surface area contributed by atoms with Gasteiger partial charge < -0.3 is 0 Å². The highest BCUT2D eigenvalue weighted by Crippen LogP contribution is 2.18. The van der Waals surface area contributed by atoms with Crippen LogP contribution in [0.4, 0.5) is 0 Å². The first kappa shape index (κ1) is 8.60. The van der Waals surface area contributed by atoms with Gasteiger partial charge >= 0.3 is 0 Å². The lowest BCUT2D eigenvalue weighted by Crippen LogP contribution is -1.98. The van der Waals surface area contributed by atoms with Gasteiger partial charge in [0.1, 0.15) is 0 Å². The normalized spacial score (nSPS) is 12.9. The van der Waals surface area contributed by atoms with Crippen molar-refractivity contribution in [2.45, 2.75) is 19.3 Å². The Hall–Kier alpha value is -0.500. The standard InChI is InChI=1S/C9H13NS/c1-2-8(7-11)9-4-3-5-10-6-9/h3-6,8,11H,2,7H2,1H3. The molecule has 0 saturated carbocycles. The van der Waals surface area contributed by atoms with Crippen molar-refractivity contribution >= 4 is 12.6 Å². The molecule has 0 spiro atoms. The van der Waals surface area contributed by atoms with E-state index in [0.29, 0.717) is 5.92 Å². The maximum Gasteiger partial charge on any atom is 0.0302 e. The number of aromatic nitrogens is 1. The minimum absolute atomic E-state index is 0.562. The molecule has 0 bridgehead atoms. The lowest BCUT2D eigenvalue weighted by molar-refractivity contribution is 0.742. The maximum absolute atomic E-state index is 4.28. The molecule has 1 aromatic heterocycles. The third-order valence-electron chi connectivity index (χ3n) is 1.87. The Bertz CT molecular complexity index is 194. The van der Waals surface area contributed by atoms with Gasteiger partial charge in [-0.05, 0) is 29.7 Å². The average Bonchev–Trinajstić information content (AvgIpc) is 2.09. The molecule has 0 aliphatic rings. The van der Waals surface area contributed by atoms with E-state index < -0.39 is 0 Å². The molecule has 1 heterocycles. The van der Waals surface area contributed by atoms with Crippen LogP contribution in [0.3, 0.4) is 0 Å². The lowest BCUT2D eigenvalue weighted by Gasteiger charge is -2.10. The third-order valence-corrected chi connectivity index (χ3v) is 2.31. The fourth-order valence-corrected chi connectivity index (χ4v) is 1.56. The molecule has 0 aromatic carbocycles. The summed E-state index contributed by atoms with van der Waals surface area (Å²) in [6, 6.07) is 4.08. The maximum atomic E-state index is 4.28. The van der Waals surface area contributed by atoms with E-state index >= 15 is 0 Å². The number of nitrogens with zero attached hydrogens (tertiary/aromatic N) is 1. The molecule has 1 rings (SSSR count). The van der Waals surface area contributed by atoms with Gasteiger partial charge in [-0.2, -0.15) is 12.6 Å². The monoisotopic (exact) mass is 167 g/mol. The van der Waals surface area contributed by atoms with Gasteiger partial charge in [0.05, 0.1) is 0 Å². The summed E-state index contributed by atoms with van der Waals surface area (Å²) in [4.78, 5) is 4.07. The van der Waals surface area contributed by atoms with Crippen LogP contribution in [0.15, 0.2) is 24.5 Å². The molecule has 1 aromatic rings. The Balaban J connectivity index is 2.74. The van der Waals surface area contributed by atoms with Crippen LogP contribution in [0.25, 0.3) is 0 Å². The van der Waals surface area contributed by atoms with Gasteiger partial charge in [0.15, 0.2) is 0 Å². The molecular formula is C9H13NS. The quantitative estimate of drug-likeness (QED) is 0.682. The SMILES string of the molecule is CCC(CS)c1cccnc1. The molecule has 0 saturated heterocycles. The van der Waals surface area contributed by atoms with E-state index in [4.69, 9.17) is 0 Å². The first-order chi connectivity index (χ1) is 5.38. The highest BCUT2D eigenvalue weighted by Gasteiger charge is 2.05. The number of hydrogen-bond donors (Lipinski definition) is 1. The Morgan fingerprint density at radius 2 is 2.45 bits per heavy atom. The second-order valence-electron chi connectivity index (χ2n) is 2.57. The molecule has 1 atom stereocenters. The lowest BCUT2D eigenvalue weighted by atomic mass is 10.0. The van der Waals surface area contributed by atoms with Crippen LogP contribution < -0.4 is 0 Å². The average molecular weight is 167 g/mol. The van der Waals surface area contributed by atoms with Gasteiger partial charge in [-0.3, -0.25) is 4.98 Å². The molecule has 0 N–H and O–H groups in total. The molecule has 0 fully saturated rings. The van der Waals surface area contributed by atoms with Crippen LogP contribution in [-0.4, -0.2) is 10.7 Å². The molecule has 1 unspecified atom stereocenters. The van der Waals surface area contributed by atoms with E-state index in [1.807, 2.05) is 12.3 Å². The van der Waals surface area contributed by atoms with Crippen molar-refractivity contribution in [1.29, 1.82) is 0 Å². The third kappa shape index (κ3) is 2.22. The molecule has 11 heavy (non-hydrogen) atoms. The number of rotatable bonds is 3. The highest BCUT2D eigenvalue weighted by molar-refractivity contribution is 7.80. The molecular weight excluding hydrogens is 154 g/mol. The Morgan fingerprint density at radius 3 is 2.91 bits per heavy atom.